The average molecular weight is 353 g/mol. The molecule has 1 saturated heterocycles. The van der Waals surface area contributed by atoms with Crippen LogP contribution < -0.4 is 0 Å². The van der Waals surface area contributed by atoms with Gasteiger partial charge in [-0.3, -0.25) is 9.69 Å². The number of aliphatic hydroxyl groups excluding tert-OH is 1. The molecule has 1 aliphatic heterocycles. The number of esters is 1. The van der Waals surface area contributed by atoms with Gasteiger partial charge in [-0.25, -0.2) is 0 Å². The second kappa shape index (κ2) is 9.51. The topological polar surface area (TPSA) is 49.8 Å². The lowest BCUT2D eigenvalue weighted by atomic mass is 9.94. The molecule has 0 bridgehead atoms. The Morgan fingerprint density at radius 1 is 1.08 bits per heavy atom. The van der Waals surface area contributed by atoms with E-state index in [1.165, 1.54) is 0 Å². The first-order valence-corrected chi connectivity index (χ1v) is 9.41. The molecule has 1 N–H and O–H groups in total. The van der Waals surface area contributed by atoms with Crippen molar-refractivity contribution in [2.75, 3.05) is 13.2 Å². The van der Waals surface area contributed by atoms with Crippen LogP contribution in [0.25, 0.3) is 0 Å². The summed E-state index contributed by atoms with van der Waals surface area (Å²) in [6.45, 7) is 1.26. The van der Waals surface area contributed by atoms with Crippen molar-refractivity contribution in [1.82, 2.24) is 4.90 Å². The Morgan fingerprint density at radius 3 is 2.46 bits per heavy atom. The zero-order valence-electron chi connectivity index (χ0n) is 15.1. The molecule has 0 aliphatic carbocycles. The Hall–Kier alpha value is -2.17. The summed E-state index contributed by atoms with van der Waals surface area (Å²) in [6.07, 6.45) is 3.52. The first-order valence-electron chi connectivity index (χ1n) is 9.41. The quantitative estimate of drug-likeness (QED) is 0.771. The largest absolute Gasteiger partial charge is 0.460 e. The Labute approximate surface area is 155 Å². The molecule has 4 nitrogen and oxygen atoms in total. The Morgan fingerprint density at radius 2 is 1.77 bits per heavy atom. The van der Waals surface area contributed by atoms with E-state index in [0.29, 0.717) is 13.0 Å². The van der Waals surface area contributed by atoms with Crippen molar-refractivity contribution < 1.29 is 14.6 Å². The number of aliphatic hydroxyl groups is 1. The summed E-state index contributed by atoms with van der Waals surface area (Å²) in [7, 11) is 0. The third kappa shape index (κ3) is 4.71. The molecule has 0 amide bonds. The van der Waals surface area contributed by atoms with Crippen LogP contribution in [0.2, 0.25) is 0 Å². The molecule has 4 heteroatoms. The van der Waals surface area contributed by atoms with Gasteiger partial charge in [0.15, 0.2) is 0 Å². The van der Waals surface area contributed by atoms with Crippen LogP contribution in [0.1, 0.15) is 42.9 Å². The summed E-state index contributed by atoms with van der Waals surface area (Å²) in [4.78, 5) is 15.0. The molecule has 0 spiro atoms. The third-order valence-electron chi connectivity index (χ3n) is 5.03. The number of hydrogen-bond acceptors (Lipinski definition) is 4. The molecule has 1 fully saturated rings. The molecule has 0 aromatic heterocycles. The van der Waals surface area contributed by atoms with E-state index in [2.05, 4.69) is 17.0 Å². The van der Waals surface area contributed by atoms with E-state index in [-0.39, 0.29) is 24.7 Å². The summed E-state index contributed by atoms with van der Waals surface area (Å²) < 4.78 is 5.62. The molecular formula is C22H27NO3. The normalized spacial score (nSPS) is 19.0. The van der Waals surface area contributed by atoms with E-state index in [0.717, 1.165) is 36.9 Å². The predicted molar refractivity (Wildman–Crippen MR) is 101 cm³/mol. The van der Waals surface area contributed by atoms with Gasteiger partial charge in [-0.15, -0.1) is 0 Å². The van der Waals surface area contributed by atoms with Crippen LogP contribution in [-0.4, -0.2) is 35.2 Å². The van der Waals surface area contributed by atoms with Gasteiger partial charge in [-0.1, -0.05) is 67.1 Å². The molecule has 2 unspecified atom stereocenters. The van der Waals surface area contributed by atoms with Gasteiger partial charge in [0, 0.05) is 12.6 Å². The van der Waals surface area contributed by atoms with Crippen molar-refractivity contribution in [3.8, 4) is 0 Å². The van der Waals surface area contributed by atoms with Gasteiger partial charge >= 0.3 is 5.97 Å². The minimum atomic E-state index is -0.246. The van der Waals surface area contributed by atoms with Gasteiger partial charge in [0.1, 0.15) is 12.6 Å². The maximum absolute atomic E-state index is 12.8. The van der Waals surface area contributed by atoms with Crippen LogP contribution in [-0.2, 0) is 16.1 Å². The number of benzene rings is 2. The fraction of sp³-hybridized carbons (Fsp3) is 0.409. The summed E-state index contributed by atoms with van der Waals surface area (Å²) in [6, 6.07) is 19.7. The van der Waals surface area contributed by atoms with E-state index < -0.39 is 0 Å². The Balaban J connectivity index is 1.72. The van der Waals surface area contributed by atoms with Crippen LogP contribution in [0.15, 0.2) is 60.7 Å². The maximum Gasteiger partial charge on any atom is 0.323 e. The van der Waals surface area contributed by atoms with Crippen molar-refractivity contribution in [3.05, 3.63) is 71.8 Å². The molecular weight excluding hydrogens is 326 g/mol. The lowest BCUT2D eigenvalue weighted by Gasteiger charge is -2.40. The van der Waals surface area contributed by atoms with E-state index >= 15 is 0 Å². The van der Waals surface area contributed by atoms with E-state index in [4.69, 9.17) is 4.74 Å². The smallest absolute Gasteiger partial charge is 0.323 e. The second-order valence-corrected chi connectivity index (χ2v) is 6.78. The number of ether oxygens (including phenoxy) is 1. The van der Waals surface area contributed by atoms with Gasteiger partial charge in [-0.05, 0) is 36.9 Å². The summed E-state index contributed by atoms with van der Waals surface area (Å²) >= 11 is 0. The monoisotopic (exact) mass is 353 g/mol. The number of carbonyl (C=O) groups excluding carboxylic acids is 1. The highest BCUT2D eigenvalue weighted by Crippen LogP contribution is 2.31. The second-order valence-electron chi connectivity index (χ2n) is 6.78. The Bertz CT molecular complexity index is 674. The summed E-state index contributed by atoms with van der Waals surface area (Å²) in [5.74, 6) is -0.160. The van der Waals surface area contributed by atoms with Gasteiger partial charge in [0.2, 0.25) is 0 Å². The van der Waals surface area contributed by atoms with Crippen LogP contribution in [0.4, 0.5) is 0 Å². The number of nitrogens with zero attached hydrogens (tertiary/aromatic N) is 1. The van der Waals surface area contributed by atoms with Crippen LogP contribution in [0.3, 0.4) is 0 Å². The number of likely N-dealkylation sites (tertiary alicyclic amines) is 1. The molecule has 2 aromatic carbocycles. The number of piperidine rings is 1. The highest BCUT2D eigenvalue weighted by molar-refractivity contribution is 5.76. The van der Waals surface area contributed by atoms with Gasteiger partial charge in [-0.2, -0.15) is 0 Å². The highest BCUT2D eigenvalue weighted by Gasteiger charge is 2.35. The van der Waals surface area contributed by atoms with E-state index in [1.54, 1.807) is 0 Å². The fourth-order valence-corrected chi connectivity index (χ4v) is 3.73. The predicted octanol–water partition coefficient (Wildman–Crippen LogP) is 3.71. The molecule has 1 heterocycles. The molecule has 0 radical (unpaired) electrons. The molecule has 2 aromatic rings. The first-order chi connectivity index (χ1) is 12.8. The SMILES string of the molecule is O=C(OCc1ccccc1)C1CCCCN1C(CCO)c1ccccc1. The standard InChI is InChI=1S/C22H27NO3/c24-16-14-20(19-11-5-2-6-12-19)23-15-8-7-13-21(23)22(25)26-17-18-9-3-1-4-10-18/h1-6,9-12,20-21,24H,7-8,13-17H2. The highest BCUT2D eigenvalue weighted by atomic mass is 16.5. The van der Waals surface area contributed by atoms with Gasteiger partial charge in [0.05, 0.1) is 0 Å². The van der Waals surface area contributed by atoms with Crippen molar-refractivity contribution in [2.45, 2.75) is 44.4 Å². The minimum absolute atomic E-state index is 0.0378. The van der Waals surface area contributed by atoms with Crippen molar-refractivity contribution >= 4 is 5.97 Å². The molecule has 138 valence electrons. The van der Waals surface area contributed by atoms with E-state index in [1.807, 2.05) is 48.5 Å². The molecule has 0 saturated carbocycles. The molecule has 3 rings (SSSR count). The van der Waals surface area contributed by atoms with Crippen LogP contribution in [0, 0.1) is 0 Å². The van der Waals surface area contributed by atoms with Gasteiger partial charge < -0.3 is 9.84 Å². The first kappa shape index (κ1) is 18.6. The number of rotatable bonds is 7. The number of hydrogen-bond donors (Lipinski definition) is 1. The van der Waals surface area contributed by atoms with Crippen molar-refractivity contribution in [1.29, 1.82) is 0 Å². The average Bonchev–Trinajstić information content (AvgIpc) is 2.72. The third-order valence-corrected chi connectivity index (χ3v) is 5.03. The van der Waals surface area contributed by atoms with Gasteiger partial charge in [0.25, 0.3) is 0 Å². The minimum Gasteiger partial charge on any atom is -0.460 e. The molecule has 1 aliphatic rings. The Kier molecular flexibility index (Phi) is 6.81. The van der Waals surface area contributed by atoms with E-state index in [9.17, 15) is 9.90 Å². The zero-order chi connectivity index (χ0) is 18.2. The lowest BCUT2D eigenvalue weighted by Crippen LogP contribution is -2.47. The number of carbonyl (C=O) groups is 1. The lowest BCUT2D eigenvalue weighted by molar-refractivity contribution is -0.154. The van der Waals surface area contributed by atoms with Crippen molar-refractivity contribution in [3.63, 3.8) is 0 Å². The molecule has 26 heavy (non-hydrogen) atoms. The van der Waals surface area contributed by atoms with Crippen molar-refractivity contribution in [2.24, 2.45) is 0 Å². The van der Waals surface area contributed by atoms with Crippen LogP contribution >= 0.6 is 0 Å². The maximum atomic E-state index is 12.8. The summed E-state index contributed by atoms with van der Waals surface area (Å²) in [5, 5.41) is 9.56. The summed E-state index contributed by atoms with van der Waals surface area (Å²) in [5.41, 5.74) is 2.14. The molecule has 2 atom stereocenters. The zero-order valence-corrected chi connectivity index (χ0v) is 15.1. The fourth-order valence-electron chi connectivity index (χ4n) is 3.73. The van der Waals surface area contributed by atoms with Crippen LogP contribution in [0.5, 0.6) is 0 Å².